The number of nitrogens with zero attached hydrogens (tertiary/aromatic N) is 2. The van der Waals surface area contributed by atoms with Crippen LogP contribution in [0.1, 0.15) is 5.01 Å². The molecule has 0 amide bonds. The van der Waals surface area contributed by atoms with Crippen molar-refractivity contribution in [2.75, 3.05) is 11.5 Å². The van der Waals surface area contributed by atoms with Crippen LogP contribution in [0.25, 0.3) is 15.8 Å². The average molecular weight is 367 g/mol. The molecule has 8 heteroatoms. The van der Waals surface area contributed by atoms with Crippen molar-refractivity contribution in [1.29, 1.82) is 5.26 Å². The Morgan fingerprint density at radius 3 is 2.55 bits per heavy atom. The Morgan fingerprint density at radius 2 is 1.91 bits per heavy atom. The number of sulfone groups is 1. The third-order valence-corrected chi connectivity index (χ3v) is 9.98. The highest BCUT2D eigenvalue weighted by Gasteiger charge is 2.45. The van der Waals surface area contributed by atoms with Gasteiger partial charge in [0.2, 0.25) is 0 Å². The molecule has 0 unspecified atom stereocenters. The Bertz CT molecular complexity index is 884. The largest absolute Gasteiger partial charge is 0.235 e. The predicted octanol–water partition coefficient (Wildman–Crippen LogP) is 3.13. The van der Waals surface area contributed by atoms with Crippen molar-refractivity contribution in [3.8, 4) is 6.07 Å². The summed E-state index contributed by atoms with van der Waals surface area (Å²) in [6.45, 7) is 0. The smallest absolute Gasteiger partial charge is 0.152 e. The fraction of sp³-hybridized carbons (Fsp3) is 0.286. The average Bonchev–Trinajstić information content (AvgIpc) is 3.09. The first kappa shape index (κ1) is 14.6. The van der Waals surface area contributed by atoms with E-state index >= 15 is 0 Å². The van der Waals surface area contributed by atoms with Crippen molar-refractivity contribution in [1.82, 2.24) is 4.98 Å². The minimum atomic E-state index is -2.91. The van der Waals surface area contributed by atoms with Crippen LogP contribution in [0.4, 0.5) is 0 Å². The molecule has 2 atom stereocenters. The number of hydrogen-bond acceptors (Lipinski definition) is 7. The van der Waals surface area contributed by atoms with Crippen LogP contribution in [0, 0.1) is 11.3 Å². The van der Waals surface area contributed by atoms with E-state index in [0.29, 0.717) is 5.57 Å². The van der Waals surface area contributed by atoms with Gasteiger partial charge in [0, 0.05) is 10.5 Å². The van der Waals surface area contributed by atoms with Gasteiger partial charge in [-0.3, -0.25) is 0 Å². The van der Waals surface area contributed by atoms with Crippen molar-refractivity contribution in [2.45, 2.75) is 10.5 Å². The van der Waals surface area contributed by atoms with Crippen LogP contribution in [0.2, 0.25) is 0 Å². The maximum Gasteiger partial charge on any atom is 0.152 e. The van der Waals surface area contributed by atoms with Crippen molar-refractivity contribution in [3.63, 3.8) is 0 Å². The van der Waals surface area contributed by atoms with Crippen LogP contribution in [-0.4, -0.2) is 35.4 Å². The molecule has 22 heavy (non-hydrogen) atoms. The number of rotatable bonds is 1. The van der Waals surface area contributed by atoms with Crippen molar-refractivity contribution in [3.05, 3.63) is 33.5 Å². The highest BCUT2D eigenvalue weighted by molar-refractivity contribution is 8.27. The fourth-order valence-corrected chi connectivity index (χ4v) is 10.2. The zero-order valence-corrected chi connectivity index (χ0v) is 14.5. The normalized spacial score (nSPS) is 28.5. The Hall–Kier alpha value is -1.01. The van der Waals surface area contributed by atoms with E-state index in [1.54, 1.807) is 0 Å². The van der Waals surface area contributed by atoms with E-state index in [9.17, 15) is 13.7 Å². The maximum atomic E-state index is 11.7. The number of nitriles is 1. The van der Waals surface area contributed by atoms with E-state index in [1.807, 2.05) is 24.3 Å². The predicted molar refractivity (Wildman–Crippen MR) is 93.6 cm³/mol. The molecule has 3 heterocycles. The minimum Gasteiger partial charge on any atom is -0.235 e. The summed E-state index contributed by atoms with van der Waals surface area (Å²) in [5.74, 6) is 0.439. The van der Waals surface area contributed by atoms with Gasteiger partial charge in [-0.2, -0.15) is 5.26 Å². The molecule has 4 nitrogen and oxygen atoms in total. The summed E-state index contributed by atoms with van der Waals surface area (Å²) in [5, 5.41) is 10.4. The van der Waals surface area contributed by atoms with Gasteiger partial charge in [-0.15, -0.1) is 34.9 Å². The molecule has 0 N–H and O–H groups in total. The first-order valence-electron chi connectivity index (χ1n) is 6.60. The summed E-state index contributed by atoms with van der Waals surface area (Å²) in [5.41, 5.74) is 1.48. The number of hydrogen-bond donors (Lipinski definition) is 0. The number of benzene rings is 1. The van der Waals surface area contributed by atoms with Crippen LogP contribution in [0.5, 0.6) is 0 Å². The highest BCUT2D eigenvalue weighted by Crippen LogP contribution is 2.53. The lowest BCUT2D eigenvalue weighted by atomic mass is 10.3. The van der Waals surface area contributed by atoms with E-state index in [-0.39, 0.29) is 22.0 Å². The quantitative estimate of drug-likeness (QED) is 0.722. The SMILES string of the molecule is N#CC(=C1S[C@H]2CS(=O)(=O)C[C@H]2S1)c1nc2ccccc2s1. The second-order valence-electron chi connectivity index (χ2n) is 5.15. The van der Waals surface area contributed by atoms with Gasteiger partial charge in [-0.1, -0.05) is 12.1 Å². The third kappa shape index (κ3) is 2.46. The highest BCUT2D eigenvalue weighted by atomic mass is 32.2. The van der Waals surface area contributed by atoms with Crippen LogP contribution in [0.3, 0.4) is 0 Å². The summed E-state index contributed by atoms with van der Waals surface area (Å²) < 4.78 is 25.3. The number of thioether (sulfide) groups is 2. The number of allylic oxidation sites excluding steroid dienone is 1. The lowest BCUT2D eigenvalue weighted by Gasteiger charge is -2.01. The van der Waals surface area contributed by atoms with Gasteiger partial charge >= 0.3 is 0 Å². The topological polar surface area (TPSA) is 70.8 Å². The molecule has 2 fully saturated rings. The molecule has 2 aromatic rings. The Kier molecular flexibility index (Phi) is 3.49. The van der Waals surface area contributed by atoms with Crippen LogP contribution in [0.15, 0.2) is 28.5 Å². The second-order valence-corrected chi connectivity index (χ2v) is 11.1. The van der Waals surface area contributed by atoms with E-state index < -0.39 is 9.84 Å². The zero-order chi connectivity index (χ0) is 15.3. The Labute approximate surface area is 140 Å². The molecule has 0 radical (unpaired) electrons. The molecule has 0 spiro atoms. The Balaban J connectivity index is 1.73. The third-order valence-electron chi connectivity index (χ3n) is 3.59. The summed E-state index contributed by atoms with van der Waals surface area (Å²) in [6.07, 6.45) is 0. The summed E-state index contributed by atoms with van der Waals surface area (Å²) in [7, 11) is -2.91. The molecule has 4 rings (SSSR count). The van der Waals surface area contributed by atoms with Crippen molar-refractivity contribution < 1.29 is 8.42 Å². The molecule has 112 valence electrons. The lowest BCUT2D eigenvalue weighted by molar-refractivity contribution is 0.602. The first-order valence-corrected chi connectivity index (χ1v) is 11.0. The maximum absolute atomic E-state index is 11.7. The van der Waals surface area contributed by atoms with E-state index in [0.717, 1.165) is 19.5 Å². The summed E-state index contributed by atoms with van der Waals surface area (Å²) >= 11 is 4.57. The van der Waals surface area contributed by atoms with Gasteiger partial charge in [-0.05, 0) is 12.1 Å². The molecular weight excluding hydrogens is 356 g/mol. The molecule has 0 bridgehead atoms. The lowest BCUT2D eigenvalue weighted by Crippen LogP contribution is -2.10. The van der Waals surface area contributed by atoms with Crippen LogP contribution in [-0.2, 0) is 9.84 Å². The van der Waals surface area contributed by atoms with E-state index in [1.165, 1.54) is 34.9 Å². The molecule has 2 aliphatic rings. The number of para-hydroxylation sites is 1. The Morgan fingerprint density at radius 1 is 1.23 bits per heavy atom. The molecule has 1 aromatic carbocycles. The summed E-state index contributed by atoms with van der Waals surface area (Å²) in [6, 6.07) is 10.1. The van der Waals surface area contributed by atoms with Gasteiger partial charge < -0.3 is 0 Å². The van der Waals surface area contributed by atoms with E-state index in [4.69, 9.17) is 0 Å². The fourth-order valence-electron chi connectivity index (χ4n) is 2.58. The van der Waals surface area contributed by atoms with E-state index in [2.05, 4.69) is 11.1 Å². The molecule has 2 aliphatic heterocycles. The number of aromatic nitrogens is 1. The van der Waals surface area contributed by atoms with Crippen LogP contribution >= 0.6 is 34.9 Å². The zero-order valence-electron chi connectivity index (χ0n) is 11.2. The second kappa shape index (κ2) is 5.27. The minimum absolute atomic E-state index is 0.0720. The standard InChI is InChI=1S/C14H10N2O2S4/c15-5-8(13-16-9-3-1-2-4-10(9)19-13)14-20-11-6-22(17,18)7-12(11)21-14/h1-4,11-12H,6-7H2/t11-,12+. The van der Waals surface area contributed by atoms with Gasteiger partial charge in [0.15, 0.2) is 9.84 Å². The van der Waals surface area contributed by atoms with Gasteiger partial charge in [0.1, 0.15) is 16.6 Å². The number of thiazole rings is 1. The molecule has 0 saturated carbocycles. The van der Waals surface area contributed by atoms with Gasteiger partial charge in [0.25, 0.3) is 0 Å². The van der Waals surface area contributed by atoms with Gasteiger partial charge in [-0.25, -0.2) is 13.4 Å². The number of fused-ring (bicyclic) bond motifs is 2. The summed E-state index contributed by atoms with van der Waals surface area (Å²) in [4.78, 5) is 4.54. The molecule has 2 saturated heterocycles. The van der Waals surface area contributed by atoms with Crippen molar-refractivity contribution >= 4 is 60.5 Å². The van der Waals surface area contributed by atoms with Gasteiger partial charge in [0.05, 0.1) is 26.0 Å². The molecule has 1 aromatic heterocycles. The first-order chi connectivity index (χ1) is 10.6. The monoisotopic (exact) mass is 366 g/mol. The van der Waals surface area contributed by atoms with Crippen LogP contribution < -0.4 is 0 Å². The van der Waals surface area contributed by atoms with Crippen molar-refractivity contribution in [2.24, 2.45) is 0 Å². The molecule has 0 aliphatic carbocycles. The molecular formula is C14H10N2O2S4.